The Morgan fingerprint density at radius 3 is 2.17 bits per heavy atom. The quantitative estimate of drug-likeness (QED) is 0.535. The van der Waals surface area contributed by atoms with E-state index in [0.29, 0.717) is 17.9 Å². The largest absolute Gasteiger partial charge is 0.465 e. The molecule has 0 bridgehead atoms. The number of ether oxygens (including phenoxy) is 2. The lowest BCUT2D eigenvalue weighted by atomic mass is 9.97. The van der Waals surface area contributed by atoms with Gasteiger partial charge in [-0.2, -0.15) is 0 Å². The van der Waals surface area contributed by atoms with Gasteiger partial charge in [0.1, 0.15) is 5.75 Å². The Balaban J connectivity index is 1.64. The molecule has 0 saturated heterocycles. The molecule has 134 valence electrons. The van der Waals surface area contributed by atoms with E-state index in [-0.39, 0.29) is 6.29 Å². The molecule has 0 heterocycles. The summed E-state index contributed by atoms with van der Waals surface area (Å²) in [6.45, 7) is 4.52. The van der Waals surface area contributed by atoms with Crippen LogP contribution in [0.5, 0.6) is 5.75 Å². The van der Waals surface area contributed by atoms with Crippen molar-refractivity contribution < 1.29 is 9.47 Å². The Kier molecular flexibility index (Phi) is 6.59. The van der Waals surface area contributed by atoms with E-state index < -0.39 is 0 Å². The third-order valence-electron chi connectivity index (χ3n) is 5.98. The molecule has 0 aliphatic heterocycles. The second-order valence-corrected chi connectivity index (χ2v) is 7.81. The lowest BCUT2D eigenvalue weighted by Crippen LogP contribution is -2.34. The summed E-state index contributed by atoms with van der Waals surface area (Å²) in [5, 5.41) is 0. The Morgan fingerprint density at radius 1 is 0.917 bits per heavy atom. The summed E-state index contributed by atoms with van der Waals surface area (Å²) in [7, 11) is 0. The molecule has 2 unspecified atom stereocenters. The van der Waals surface area contributed by atoms with Gasteiger partial charge in [-0.3, -0.25) is 0 Å². The first kappa shape index (κ1) is 17.8. The second-order valence-electron chi connectivity index (χ2n) is 7.81. The molecule has 1 aromatic carbocycles. The first-order valence-electron chi connectivity index (χ1n) is 10.2. The lowest BCUT2D eigenvalue weighted by Gasteiger charge is -2.31. The summed E-state index contributed by atoms with van der Waals surface area (Å²) in [5.41, 5.74) is 1.40. The van der Waals surface area contributed by atoms with Crippen LogP contribution in [0, 0.1) is 5.92 Å². The van der Waals surface area contributed by atoms with Gasteiger partial charge in [0.2, 0.25) is 6.29 Å². The molecule has 0 amide bonds. The summed E-state index contributed by atoms with van der Waals surface area (Å²) in [6, 6.07) is 8.70. The Morgan fingerprint density at radius 2 is 1.54 bits per heavy atom. The average molecular weight is 331 g/mol. The van der Waals surface area contributed by atoms with Gasteiger partial charge in [0.05, 0.1) is 6.10 Å². The molecule has 2 aliphatic rings. The van der Waals surface area contributed by atoms with Crippen LogP contribution >= 0.6 is 0 Å². The predicted octanol–water partition coefficient (Wildman–Crippen LogP) is 6.44. The first-order chi connectivity index (χ1) is 11.8. The minimum absolute atomic E-state index is 0.0509. The smallest absolute Gasteiger partial charge is 0.202 e. The van der Waals surface area contributed by atoms with Crippen LogP contribution in [0.15, 0.2) is 24.3 Å². The van der Waals surface area contributed by atoms with Crippen LogP contribution in [0.3, 0.4) is 0 Å². The minimum atomic E-state index is -0.0509. The second kappa shape index (κ2) is 8.89. The molecule has 2 atom stereocenters. The van der Waals surface area contributed by atoms with E-state index in [1.807, 2.05) is 0 Å². The summed E-state index contributed by atoms with van der Waals surface area (Å²) >= 11 is 0. The zero-order valence-electron chi connectivity index (χ0n) is 15.5. The van der Waals surface area contributed by atoms with Gasteiger partial charge in [0, 0.05) is 5.92 Å². The van der Waals surface area contributed by atoms with Crippen molar-refractivity contribution in [1.82, 2.24) is 0 Å². The Bertz CT molecular complexity index is 469. The topological polar surface area (TPSA) is 18.5 Å². The van der Waals surface area contributed by atoms with E-state index in [1.54, 1.807) is 0 Å². The van der Waals surface area contributed by atoms with Crippen molar-refractivity contribution in [1.29, 1.82) is 0 Å². The van der Waals surface area contributed by atoms with Crippen LogP contribution in [0.1, 0.15) is 89.5 Å². The highest BCUT2D eigenvalue weighted by molar-refractivity contribution is 5.29. The van der Waals surface area contributed by atoms with Crippen LogP contribution in [0.2, 0.25) is 0 Å². The van der Waals surface area contributed by atoms with Crippen molar-refractivity contribution in [3.8, 4) is 5.75 Å². The van der Waals surface area contributed by atoms with Gasteiger partial charge >= 0.3 is 0 Å². The maximum atomic E-state index is 6.46. The standard InChI is InChI=1S/C22H34O2/c1-3-17(2)18-13-15-21(16-14-18)24-22(19-9-7-8-10-19)23-20-11-5-4-6-12-20/h13-17,19-20,22H,3-12H2,1-2H3. The van der Waals surface area contributed by atoms with Gasteiger partial charge in [0.15, 0.2) is 0 Å². The molecule has 0 N–H and O–H groups in total. The van der Waals surface area contributed by atoms with E-state index in [1.165, 1.54) is 69.8 Å². The van der Waals surface area contributed by atoms with E-state index in [2.05, 4.69) is 38.1 Å². The van der Waals surface area contributed by atoms with Gasteiger partial charge < -0.3 is 9.47 Å². The molecule has 2 heteroatoms. The van der Waals surface area contributed by atoms with Crippen molar-refractivity contribution >= 4 is 0 Å². The highest BCUT2D eigenvalue weighted by Crippen LogP contribution is 2.33. The van der Waals surface area contributed by atoms with Gasteiger partial charge in [-0.15, -0.1) is 0 Å². The zero-order chi connectivity index (χ0) is 16.8. The molecule has 2 aliphatic carbocycles. The third-order valence-corrected chi connectivity index (χ3v) is 5.98. The zero-order valence-corrected chi connectivity index (χ0v) is 15.5. The highest BCUT2D eigenvalue weighted by Gasteiger charge is 2.30. The highest BCUT2D eigenvalue weighted by atomic mass is 16.7. The Hall–Kier alpha value is -1.02. The molecule has 2 saturated carbocycles. The van der Waals surface area contributed by atoms with Crippen molar-refractivity contribution in [3.63, 3.8) is 0 Å². The van der Waals surface area contributed by atoms with Crippen LogP contribution in [-0.2, 0) is 4.74 Å². The fraction of sp³-hybridized carbons (Fsp3) is 0.727. The molecule has 1 aromatic rings. The summed E-state index contributed by atoms with van der Waals surface area (Å²) in [5.74, 6) is 2.15. The van der Waals surface area contributed by atoms with Crippen molar-refractivity contribution in [2.45, 2.75) is 96.4 Å². The molecule has 2 fully saturated rings. The SMILES string of the molecule is CCC(C)c1ccc(OC(OC2CCCCC2)C2CCCC2)cc1. The number of rotatable bonds is 7. The van der Waals surface area contributed by atoms with E-state index in [4.69, 9.17) is 9.47 Å². The van der Waals surface area contributed by atoms with Crippen LogP contribution in [0.4, 0.5) is 0 Å². The van der Waals surface area contributed by atoms with Crippen molar-refractivity contribution in [3.05, 3.63) is 29.8 Å². The molecule has 0 spiro atoms. The number of hydrogen-bond donors (Lipinski definition) is 0. The fourth-order valence-electron chi connectivity index (χ4n) is 4.10. The number of hydrogen-bond acceptors (Lipinski definition) is 2. The molecule has 2 nitrogen and oxygen atoms in total. The summed E-state index contributed by atoms with van der Waals surface area (Å²) in [4.78, 5) is 0. The molecular formula is C22H34O2. The van der Waals surface area contributed by atoms with Gasteiger partial charge in [-0.05, 0) is 55.7 Å². The summed E-state index contributed by atoms with van der Waals surface area (Å²) in [6.07, 6.45) is 13.1. The average Bonchev–Trinajstić information content (AvgIpc) is 3.17. The van der Waals surface area contributed by atoms with Gasteiger partial charge in [0.25, 0.3) is 0 Å². The Labute approximate surface area is 147 Å². The third kappa shape index (κ3) is 4.75. The molecular weight excluding hydrogens is 296 g/mol. The molecule has 3 rings (SSSR count). The lowest BCUT2D eigenvalue weighted by molar-refractivity contribution is -0.155. The molecule has 0 aromatic heterocycles. The first-order valence-corrected chi connectivity index (χ1v) is 10.2. The molecule has 24 heavy (non-hydrogen) atoms. The van der Waals surface area contributed by atoms with Crippen molar-refractivity contribution in [2.24, 2.45) is 5.92 Å². The maximum absolute atomic E-state index is 6.46. The normalized spacial score (nSPS) is 22.4. The van der Waals surface area contributed by atoms with E-state index in [9.17, 15) is 0 Å². The van der Waals surface area contributed by atoms with Crippen LogP contribution in [-0.4, -0.2) is 12.4 Å². The molecule has 0 radical (unpaired) electrons. The van der Waals surface area contributed by atoms with Crippen molar-refractivity contribution in [2.75, 3.05) is 0 Å². The summed E-state index contributed by atoms with van der Waals surface area (Å²) < 4.78 is 12.8. The fourth-order valence-corrected chi connectivity index (χ4v) is 4.10. The predicted molar refractivity (Wildman–Crippen MR) is 99.5 cm³/mol. The number of benzene rings is 1. The van der Waals surface area contributed by atoms with E-state index >= 15 is 0 Å². The maximum Gasteiger partial charge on any atom is 0.202 e. The van der Waals surface area contributed by atoms with Crippen LogP contribution in [0.25, 0.3) is 0 Å². The van der Waals surface area contributed by atoms with Gasteiger partial charge in [-0.25, -0.2) is 0 Å². The van der Waals surface area contributed by atoms with E-state index in [0.717, 1.165) is 5.75 Å². The van der Waals surface area contributed by atoms with Crippen LogP contribution < -0.4 is 4.74 Å². The minimum Gasteiger partial charge on any atom is -0.465 e. The van der Waals surface area contributed by atoms with Gasteiger partial charge in [-0.1, -0.05) is 58.1 Å². The monoisotopic (exact) mass is 330 g/mol.